The smallest absolute Gasteiger partial charge is 0.303 e. The zero-order chi connectivity index (χ0) is 95.3. The molecule has 1 aromatic carbocycles. The summed E-state index contributed by atoms with van der Waals surface area (Å²) >= 11 is 2.46. The number of rotatable bonds is 23. The molecule has 21 atom stereocenters. The Morgan fingerprint density at radius 2 is 1.04 bits per heavy atom. The molecule has 2 saturated carbocycles. The minimum Gasteiger partial charge on any atom is -0.481 e. The Labute approximate surface area is 772 Å². The molecule has 0 aromatic heterocycles. The van der Waals surface area contributed by atoms with Crippen LogP contribution < -0.4 is 118 Å². The zero-order valence-electron chi connectivity index (χ0n) is 75.8. The van der Waals surface area contributed by atoms with Gasteiger partial charge in [-0.1, -0.05) is 77.6 Å². The summed E-state index contributed by atoms with van der Waals surface area (Å²) in [5, 5.41) is 87.2. The maximum absolute atomic E-state index is 15.4. The molecule has 6 aliphatic heterocycles. The van der Waals surface area contributed by atoms with Crippen molar-refractivity contribution in [3.63, 3.8) is 0 Å². The standard InChI is InChI=1S/C87H140N22O20S2/c1-7-14-56(97-45(3)111)75(118)106-65-42-131-40-48-16-11-15-47(29-48)39-130-41-64(72(90)117)105-84(127)69(44(2)110)107-85(128)70(49-17-9-8-10-18-49)108-82(125)60(32-51-37-95-74-55(51)20-13-28-93-74)99-76(119)57(25-26-68(115)116)98-80(123)62(34-66(88)113)102-78(121)59(31-50-36-94-73-54(50)19-12-27-92-73)100-81(124)63(35-67(89)114)103-79(122)61(33-52-38-91-43-96-52)101-77(120)58(30-46-21-23-53(112)24-22-46)104-86(129)71(87(4,5)6)109-83(65)126/h11,15-16,29,44,46,49-65,69-71,73-74,91-96,110,112H,7-10,12-14,17-28,30-43H2,1-6H3,(H2,88,113)(H2,89,114)(H2,90,117)(H,97,111)(H,98,123)(H,99,119)(H,100,124)(H,101,120)(H,102,121)(H,103,122)(H,104,129)(H,105,127)(H,106,118)(H,107,128)(H,108,125)(H,109,126)(H,115,116)/t44-,46?,50?,51?,52?,53?,54?,55?,56+,57+,58+,59+,60+,61+,62+,63+,64+,65+,69+,70-,71-,73?,74?/m1/s1. The van der Waals surface area contributed by atoms with E-state index in [1.807, 2.05) is 25.1 Å². The van der Waals surface area contributed by atoms with Crippen LogP contribution in [0.15, 0.2) is 24.3 Å². The van der Waals surface area contributed by atoms with Crippen molar-refractivity contribution in [2.75, 3.05) is 50.9 Å². The number of carbonyl (C=O) groups excluding carboxylic acids is 16. The second-order valence-electron chi connectivity index (χ2n) is 37.5. The van der Waals surface area contributed by atoms with Crippen LogP contribution in [0.3, 0.4) is 0 Å². The molecule has 16 amide bonds. The van der Waals surface area contributed by atoms with E-state index in [-0.39, 0.29) is 111 Å². The summed E-state index contributed by atoms with van der Waals surface area (Å²) in [7, 11) is 0. The van der Waals surface area contributed by atoms with Gasteiger partial charge in [-0.2, -0.15) is 23.5 Å². The number of carbonyl (C=O) groups is 17. The van der Waals surface area contributed by atoms with E-state index in [1.165, 1.54) is 37.4 Å². The topological polar surface area (TPSA) is 658 Å². The van der Waals surface area contributed by atoms with E-state index in [2.05, 4.69) is 101 Å². The lowest BCUT2D eigenvalue weighted by Gasteiger charge is -2.35. The highest BCUT2D eigenvalue weighted by Crippen LogP contribution is 2.36. The molecular formula is C87H140N22O20S2. The third kappa shape index (κ3) is 32.7. The summed E-state index contributed by atoms with van der Waals surface area (Å²) < 4.78 is 0. The average molecular weight is 1880 g/mol. The predicted octanol–water partition coefficient (Wildman–Crippen LogP) is -4.88. The van der Waals surface area contributed by atoms with Gasteiger partial charge in [0.1, 0.15) is 78.5 Å². The van der Waals surface area contributed by atoms with Gasteiger partial charge in [-0.05, 0) is 188 Å². The van der Waals surface area contributed by atoms with Gasteiger partial charge in [0, 0.05) is 55.6 Å². The molecule has 131 heavy (non-hydrogen) atoms. The van der Waals surface area contributed by atoms with Gasteiger partial charge >= 0.3 is 5.97 Å². The van der Waals surface area contributed by atoms with Crippen molar-refractivity contribution in [1.82, 2.24) is 101 Å². The molecule has 42 nitrogen and oxygen atoms in total. The Morgan fingerprint density at radius 1 is 0.534 bits per heavy atom. The van der Waals surface area contributed by atoms with Gasteiger partial charge in [0.05, 0.1) is 37.4 Å². The highest BCUT2D eigenvalue weighted by atomic mass is 32.2. The predicted molar refractivity (Wildman–Crippen MR) is 484 cm³/mol. The van der Waals surface area contributed by atoms with Crippen LogP contribution in [0.1, 0.15) is 200 Å². The molecule has 0 radical (unpaired) electrons. The fourth-order valence-corrected chi connectivity index (χ4v) is 21.0. The number of aliphatic hydroxyl groups is 2. The Bertz CT molecular complexity index is 4150. The quantitative estimate of drug-likeness (QED) is 0.0488. The summed E-state index contributed by atoms with van der Waals surface area (Å²) in [5.74, 6) is -18.5. The molecular weight excluding hydrogens is 1740 g/mol. The number of thioether (sulfide) groups is 2. The number of fused-ring (bicyclic) bond motifs is 4. The highest BCUT2D eigenvalue weighted by molar-refractivity contribution is 7.98. The molecule has 44 heteroatoms. The average Bonchev–Trinajstić information content (AvgIpc) is 1.81. The highest BCUT2D eigenvalue weighted by Gasteiger charge is 2.47. The van der Waals surface area contributed by atoms with Crippen molar-refractivity contribution in [3.8, 4) is 0 Å². The van der Waals surface area contributed by atoms with Crippen LogP contribution in [-0.2, 0) is 93.0 Å². The van der Waals surface area contributed by atoms with E-state index in [9.17, 15) is 48.9 Å². The van der Waals surface area contributed by atoms with Crippen LogP contribution in [0.25, 0.3) is 0 Å². The largest absolute Gasteiger partial charge is 0.481 e. The number of aliphatic hydroxyl groups excluding tert-OH is 2. The van der Waals surface area contributed by atoms with Crippen molar-refractivity contribution in [1.29, 1.82) is 0 Å². The number of hydrogen-bond donors (Lipinski definition) is 25. The molecule has 2 aliphatic carbocycles. The molecule has 7 unspecified atom stereocenters. The Hall–Kier alpha value is -9.41. The number of nitrogens with one attached hydrogen (secondary N) is 19. The lowest BCUT2D eigenvalue weighted by Crippen LogP contribution is -2.63. The molecule has 0 spiro atoms. The van der Waals surface area contributed by atoms with Gasteiger partial charge in [-0.3, -0.25) is 81.5 Å². The number of carboxylic acids is 1. The number of aliphatic carboxylic acids is 1. The molecule has 28 N–H and O–H groups in total. The minimum absolute atomic E-state index is 0.0469. The number of nitrogens with two attached hydrogens (primary N) is 3. The number of carboxylic acid groups (broad SMARTS) is 1. The summed E-state index contributed by atoms with van der Waals surface area (Å²) in [6, 6.07) is -13.7. The minimum atomic E-state index is -1.99. The zero-order valence-corrected chi connectivity index (χ0v) is 77.5. The van der Waals surface area contributed by atoms with E-state index < -0.39 is 240 Å². The summed E-state index contributed by atoms with van der Waals surface area (Å²) in [6.07, 6.45) is 1.46. The van der Waals surface area contributed by atoms with E-state index in [4.69, 9.17) is 17.2 Å². The first-order valence-electron chi connectivity index (χ1n) is 46.3. The third-order valence-corrected chi connectivity index (χ3v) is 28.3. The van der Waals surface area contributed by atoms with E-state index >= 15 is 47.9 Å². The lowest BCUT2D eigenvalue weighted by atomic mass is 9.82. The lowest BCUT2D eigenvalue weighted by molar-refractivity contribution is -0.139. The fraction of sp³-hybridized carbons (Fsp3) is 0.736. The number of benzene rings is 1. The first kappa shape index (κ1) is 105. The first-order chi connectivity index (χ1) is 62.3. The van der Waals surface area contributed by atoms with Gasteiger partial charge in [0.25, 0.3) is 0 Å². The van der Waals surface area contributed by atoms with Crippen molar-refractivity contribution in [3.05, 3.63) is 35.4 Å². The molecule has 6 heterocycles. The van der Waals surface area contributed by atoms with Gasteiger partial charge in [-0.25, -0.2) is 0 Å². The fourth-order valence-electron chi connectivity index (χ4n) is 18.9. The van der Waals surface area contributed by atoms with Gasteiger partial charge in [0.15, 0.2) is 0 Å². The van der Waals surface area contributed by atoms with Gasteiger partial charge in [-0.15, -0.1) is 0 Å². The number of amides is 16. The van der Waals surface area contributed by atoms with E-state index in [0.717, 1.165) is 30.4 Å². The molecule has 5 saturated heterocycles. The van der Waals surface area contributed by atoms with Gasteiger partial charge in [0.2, 0.25) is 94.5 Å². The van der Waals surface area contributed by atoms with Crippen LogP contribution in [0.5, 0.6) is 0 Å². The molecule has 8 aliphatic rings. The molecule has 7 fully saturated rings. The monoisotopic (exact) mass is 1880 g/mol. The Morgan fingerprint density at radius 3 is 1.54 bits per heavy atom. The maximum Gasteiger partial charge on any atom is 0.303 e. The van der Waals surface area contributed by atoms with Crippen molar-refractivity contribution >= 4 is 124 Å². The Balaban J connectivity index is 1.09. The SMILES string of the molecule is CCC[C@H](NC(C)=O)C(=O)N[C@H]1CSCc2cccc(c2)CSC[C@@H](C(N)=O)NC(=O)[C@H]([C@@H](C)O)NC(=O)[C@@H](C2CCCCC2)NC(=O)[C@H](CC2CNC3NCCCC23)NC(=O)[C@H](CCC(=O)O)NC(=O)[C@H](CC(N)=O)NC(=O)[C@H](CC2CNC3NCCCC23)NC(=O)[C@H](CC(N)=O)NC(=O)[C@H](CC2CNCN2)NC(=O)[C@H](CC2CCC(O)CC2)NC(=O)[C@H](C(C)(C)C)NC1=O. The Kier molecular flexibility index (Phi) is 41.1. The summed E-state index contributed by atoms with van der Waals surface area (Å²) in [5.41, 5.74) is 18.0. The van der Waals surface area contributed by atoms with Crippen LogP contribution in [0.4, 0.5) is 0 Å². The second kappa shape index (κ2) is 51.2. The molecule has 2 bridgehead atoms. The van der Waals surface area contributed by atoms with Crippen molar-refractivity contribution in [2.24, 2.45) is 58.1 Å². The van der Waals surface area contributed by atoms with Crippen LogP contribution in [0, 0.1) is 40.9 Å². The number of piperidine rings is 2. The molecule has 9 rings (SSSR count). The van der Waals surface area contributed by atoms with Crippen LogP contribution >= 0.6 is 23.5 Å². The van der Waals surface area contributed by atoms with Crippen molar-refractivity contribution < 1.29 is 96.8 Å². The van der Waals surface area contributed by atoms with E-state index in [1.54, 1.807) is 26.8 Å². The van der Waals surface area contributed by atoms with Crippen LogP contribution in [-0.4, -0.2) is 276 Å². The molecule has 730 valence electrons. The molecule has 1 aromatic rings. The van der Waals surface area contributed by atoms with Crippen molar-refractivity contribution in [2.45, 2.75) is 310 Å². The maximum atomic E-state index is 15.4. The van der Waals surface area contributed by atoms with E-state index in [0.29, 0.717) is 90.3 Å². The normalized spacial score (nSPS) is 31.8. The first-order valence-corrected chi connectivity index (χ1v) is 48.6. The number of hydrogen-bond acceptors (Lipinski definition) is 27. The summed E-state index contributed by atoms with van der Waals surface area (Å²) in [6.45, 7) is 11.8. The number of primary amides is 3. The summed E-state index contributed by atoms with van der Waals surface area (Å²) in [4.78, 5) is 246. The second-order valence-corrected chi connectivity index (χ2v) is 39.6. The van der Waals surface area contributed by atoms with Crippen LogP contribution in [0.2, 0.25) is 0 Å². The third-order valence-electron chi connectivity index (χ3n) is 26.0. The van der Waals surface area contributed by atoms with Gasteiger partial charge < -0.3 is 134 Å².